The molecule has 2 rings (SSSR count). The molecule has 1 aromatic heterocycles. The van der Waals surface area contributed by atoms with Gasteiger partial charge in [-0.2, -0.15) is 5.26 Å². The van der Waals surface area contributed by atoms with Gasteiger partial charge in [0.25, 0.3) is 0 Å². The second-order valence-electron chi connectivity index (χ2n) is 4.41. The lowest BCUT2D eigenvalue weighted by molar-refractivity contribution is 0.338. The molecule has 4 heteroatoms. The first-order valence-corrected chi connectivity index (χ1v) is 6.56. The van der Waals surface area contributed by atoms with Gasteiger partial charge in [-0.05, 0) is 43.2 Å². The van der Waals surface area contributed by atoms with Gasteiger partial charge < -0.3 is 10.1 Å². The van der Waals surface area contributed by atoms with E-state index < -0.39 is 0 Å². The summed E-state index contributed by atoms with van der Waals surface area (Å²) in [5, 5.41) is 12.0. The number of nitrogens with zero attached hydrogens (tertiary/aromatic N) is 2. The molecule has 2 aromatic rings. The first-order chi connectivity index (χ1) is 9.72. The highest BCUT2D eigenvalue weighted by Crippen LogP contribution is 2.19. The summed E-state index contributed by atoms with van der Waals surface area (Å²) in [6.07, 6.45) is 0. The van der Waals surface area contributed by atoms with Crippen molar-refractivity contribution in [2.45, 2.75) is 20.4 Å². The van der Waals surface area contributed by atoms with Crippen LogP contribution in [-0.4, -0.2) is 11.6 Å². The average Bonchev–Trinajstić information content (AvgIpc) is 2.48. The highest BCUT2D eigenvalue weighted by molar-refractivity contribution is 5.41. The lowest BCUT2D eigenvalue weighted by Crippen LogP contribution is -2.03. The van der Waals surface area contributed by atoms with Crippen LogP contribution < -0.4 is 10.1 Å². The number of aromatic nitrogens is 1. The molecular weight excluding hydrogens is 250 g/mol. The van der Waals surface area contributed by atoms with Crippen LogP contribution in [0.4, 0.5) is 5.82 Å². The number of aryl methyl sites for hydroxylation is 1. The monoisotopic (exact) mass is 267 g/mol. The minimum Gasteiger partial charge on any atom is -0.494 e. The first kappa shape index (κ1) is 13.9. The third-order valence-corrected chi connectivity index (χ3v) is 2.88. The van der Waals surface area contributed by atoms with Crippen molar-refractivity contribution >= 4 is 5.82 Å². The molecule has 1 heterocycles. The molecule has 0 aliphatic carbocycles. The quantitative estimate of drug-likeness (QED) is 0.903. The van der Waals surface area contributed by atoms with Crippen molar-refractivity contribution in [1.82, 2.24) is 4.98 Å². The fourth-order valence-electron chi connectivity index (χ4n) is 1.93. The van der Waals surface area contributed by atoms with E-state index in [0.29, 0.717) is 24.7 Å². The number of pyridine rings is 1. The van der Waals surface area contributed by atoms with E-state index in [4.69, 9.17) is 10.00 Å². The zero-order valence-corrected chi connectivity index (χ0v) is 11.7. The van der Waals surface area contributed by atoms with Crippen molar-refractivity contribution in [3.63, 3.8) is 0 Å². The van der Waals surface area contributed by atoms with Gasteiger partial charge in [0.2, 0.25) is 0 Å². The summed E-state index contributed by atoms with van der Waals surface area (Å²) < 4.78 is 5.52. The highest BCUT2D eigenvalue weighted by atomic mass is 16.5. The lowest BCUT2D eigenvalue weighted by atomic mass is 10.1. The normalized spacial score (nSPS) is 9.85. The van der Waals surface area contributed by atoms with E-state index in [1.165, 1.54) is 0 Å². The Morgan fingerprint density at radius 1 is 1.30 bits per heavy atom. The SMILES string of the molecule is CCOc1ccc(CNc2cccc(C#N)n2)cc1C. The maximum absolute atomic E-state index is 8.81. The predicted molar refractivity (Wildman–Crippen MR) is 78.6 cm³/mol. The van der Waals surface area contributed by atoms with Gasteiger partial charge in [0.05, 0.1) is 6.61 Å². The Morgan fingerprint density at radius 3 is 2.85 bits per heavy atom. The summed E-state index contributed by atoms with van der Waals surface area (Å²) in [6, 6.07) is 13.5. The maximum Gasteiger partial charge on any atom is 0.142 e. The molecule has 0 aliphatic heterocycles. The highest BCUT2D eigenvalue weighted by Gasteiger charge is 2.02. The van der Waals surface area contributed by atoms with Crippen LogP contribution in [0.1, 0.15) is 23.7 Å². The minimum atomic E-state index is 0.415. The summed E-state index contributed by atoms with van der Waals surface area (Å²) in [6.45, 7) is 5.34. The molecule has 0 bridgehead atoms. The molecule has 4 nitrogen and oxygen atoms in total. The number of ether oxygens (including phenoxy) is 1. The molecule has 0 saturated carbocycles. The van der Waals surface area contributed by atoms with E-state index >= 15 is 0 Å². The number of nitriles is 1. The zero-order valence-electron chi connectivity index (χ0n) is 11.7. The third kappa shape index (κ3) is 3.48. The van der Waals surface area contributed by atoms with Gasteiger partial charge in [-0.1, -0.05) is 18.2 Å². The summed E-state index contributed by atoms with van der Waals surface area (Å²) in [4.78, 5) is 4.18. The number of anilines is 1. The number of nitrogens with one attached hydrogen (secondary N) is 1. The number of hydrogen-bond donors (Lipinski definition) is 1. The summed E-state index contributed by atoms with van der Waals surface area (Å²) in [7, 11) is 0. The summed E-state index contributed by atoms with van der Waals surface area (Å²) >= 11 is 0. The second kappa shape index (κ2) is 6.58. The first-order valence-electron chi connectivity index (χ1n) is 6.56. The predicted octanol–water partition coefficient (Wildman–Crippen LogP) is 3.27. The van der Waals surface area contributed by atoms with Crippen molar-refractivity contribution < 1.29 is 4.74 Å². The Morgan fingerprint density at radius 2 is 2.15 bits per heavy atom. The fraction of sp³-hybridized carbons (Fsp3) is 0.250. The van der Waals surface area contributed by atoms with Crippen LogP contribution in [0.25, 0.3) is 0 Å². The summed E-state index contributed by atoms with van der Waals surface area (Å²) in [5.41, 5.74) is 2.68. The smallest absolute Gasteiger partial charge is 0.142 e. The molecule has 102 valence electrons. The van der Waals surface area contributed by atoms with Crippen LogP contribution in [0.2, 0.25) is 0 Å². The number of hydrogen-bond acceptors (Lipinski definition) is 4. The van der Waals surface area contributed by atoms with Gasteiger partial charge in [0.15, 0.2) is 0 Å². The minimum absolute atomic E-state index is 0.415. The van der Waals surface area contributed by atoms with Crippen LogP contribution in [0.15, 0.2) is 36.4 Å². The zero-order chi connectivity index (χ0) is 14.4. The van der Waals surface area contributed by atoms with Crippen molar-refractivity contribution in [2.75, 3.05) is 11.9 Å². The maximum atomic E-state index is 8.81. The standard InChI is InChI=1S/C16H17N3O/c1-3-20-15-8-7-13(9-12(15)2)11-18-16-6-4-5-14(10-17)19-16/h4-9H,3,11H2,1-2H3,(H,18,19). The number of benzene rings is 1. The van der Waals surface area contributed by atoms with Crippen molar-refractivity contribution in [2.24, 2.45) is 0 Å². The van der Waals surface area contributed by atoms with Crippen LogP contribution in [-0.2, 0) is 6.54 Å². The fourth-order valence-corrected chi connectivity index (χ4v) is 1.93. The molecule has 20 heavy (non-hydrogen) atoms. The Bertz CT molecular complexity index is 632. The van der Waals surface area contributed by atoms with Gasteiger partial charge >= 0.3 is 0 Å². The topological polar surface area (TPSA) is 57.9 Å². The molecule has 0 spiro atoms. The molecule has 0 amide bonds. The molecule has 0 atom stereocenters. The molecular formula is C16H17N3O. The van der Waals surface area contributed by atoms with Crippen LogP contribution in [0.3, 0.4) is 0 Å². The summed E-state index contributed by atoms with van der Waals surface area (Å²) in [5.74, 6) is 1.62. The van der Waals surface area contributed by atoms with Crippen molar-refractivity contribution in [3.8, 4) is 11.8 Å². The van der Waals surface area contributed by atoms with E-state index in [0.717, 1.165) is 16.9 Å². The van der Waals surface area contributed by atoms with Gasteiger partial charge in [-0.25, -0.2) is 4.98 Å². The van der Waals surface area contributed by atoms with Gasteiger partial charge in [0, 0.05) is 6.54 Å². The van der Waals surface area contributed by atoms with Gasteiger partial charge in [0.1, 0.15) is 23.3 Å². The molecule has 1 N–H and O–H groups in total. The van der Waals surface area contributed by atoms with Crippen molar-refractivity contribution in [1.29, 1.82) is 5.26 Å². The lowest BCUT2D eigenvalue weighted by Gasteiger charge is -2.10. The van der Waals surface area contributed by atoms with E-state index in [2.05, 4.69) is 16.4 Å². The van der Waals surface area contributed by atoms with E-state index in [-0.39, 0.29) is 0 Å². The molecule has 0 fully saturated rings. The van der Waals surface area contributed by atoms with Crippen LogP contribution >= 0.6 is 0 Å². The second-order valence-corrected chi connectivity index (χ2v) is 4.41. The Balaban J connectivity index is 2.03. The van der Waals surface area contributed by atoms with Gasteiger partial charge in [-0.3, -0.25) is 0 Å². The van der Waals surface area contributed by atoms with E-state index in [1.54, 1.807) is 6.07 Å². The molecule has 0 aliphatic rings. The molecule has 1 aromatic carbocycles. The molecule has 0 radical (unpaired) electrons. The Hall–Kier alpha value is -2.54. The largest absolute Gasteiger partial charge is 0.494 e. The van der Waals surface area contributed by atoms with E-state index in [1.807, 2.05) is 44.2 Å². The molecule has 0 saturated heterocycles. The average molecular weight is 267 g/mol. The van der Waals surface area contributed by atoms with E-state index in [9.17, 15) is 0 Å². The molecule has 0 unspecified atom stereocenters. The third-order valence-electron chi connectivity index (χ3n) is 2.88. The number of rotatable bonds is 5. The Labute approximate surface area is 119 Å². The van der Waals surface area contributed by atoms with Crippen LogP contribution in [0, 0.1) is 18.3 Å². The van der Waals surface area contributed by atoms with Crippen molar-refractivity contribution in [3.05, 3.63) is 53.2 Å². The van der Waals surface area contributed by atoms with Gasteiger partial charge in [-0.15, -0.1) is 0 Å². The Kier molecular flexibility index (Phi) is 4.56. The van der Waals surface area contributed by atoms with Crippen LogP contribution in [0.5, 0.6) is 5.75 Å².